The zero-order valence-corrected chi connectivity index (χ0v) is 12.3. The highest BCUT2D eigenvalue weighted by atomic mass is 16.5. The number of benzene rings is 2. The predicted molar refractivity (Wildman–Crippen MR) is 86.5 cm³/mol. The van der Waals surface area contributed by atoms with E-state index in [9.17, 15) is 0 Å². The molecule has 0 saturated heterocycles. The molecule has 22 heavy (non-hydrogen) atoms. The first-order chi connectivity index (χ1) is 10.9. The summed E-state index contributed by atoms with van der Waals surface area (Å²) < 4.78 is 10.9. The molecule has 0 aliphatic rings. The van der Waals surface area contributed by atoms with Crippen molar-refractivity contribution in [2.75, 3.05) is 25.6 Å². The van der Waals surface area contributed by atoms with Crippen molar-refractivity contribution in [3.63, 3.8) is 0 Å². The monoisotopic (exact) mass is 295 g/mol. The number of ether oxygens (including phenoxy) is 2. The molecule has 0 spiro atoms. The molecule has 0 fully saturated rings. The summed E-state index contributed by atoms with van der Waals surface area (Å²) in [6.07, 6.45) is 1.56. The zero-order chi connectivity index (χ0) is 15.2. The number of hydrogen-bond acceptors (Lipinski definition) is 5. The third-order valence-electron chi connectivity index (χ3n) is 3.25. The molecule has 3 rings (SSSR count). The summed E-state index contributed by atoms with van der Waals surface area (Å²) in [7, 11) is 1.64. The number of anilines is 1. The summed E-state index contributed by atoms with van der Waals surface area (Å²) in [4.78, 5) is 8.52. The van der Waals surface area contributed by atoms with Crippen molar-refractivity contribution in [2.24, 2.45) is 0 Å². The minimum Gasteiger partial charge on any atom is -0.497 e. The van der Waals surface area contributed by atoms with E-state index < -0.39 is 0 Å². The number of para-hydroxylation sites is 1. The fraction of sp³-hybridized carbons (Fsp3) is 0.176. The van der Waals surface area contributed by atoms with Gasteiger partial charge in [0.2, 0.25) is 0 Å². The number of fused-ring (bicyclic) bond motifs is 1. The number of rotatable bonds is 6. The fourth-order valence-corrected chi connectivity index (χ4v) is 2.17. The Kier molecular flexibility index (Phi) is 4.34. The van der Waals surface area contributed by atoms with E-state index in [1.54, 1.807) is 13.4 Å². The van der Waals surface area contributed by atoms with Gasteiger partial charge in [0.25, 0.3) is 0 Å². The third kappa shape index (κ3) is 3.25. The van der Waals surface area contributed by atoms with Crippen molar-refractivity contribution in [3.8, 4) is 11.5 Å². The molecule has 0 aliphatic carbocycles. The molecule has 0 aliphatic heterocycles. The summed E-state index contributed by atoms with van der Waals surface area (Å²) in [5.74, 6) is 2.39. The highest BCUT2D eigenvalue weighted by Crippen LogP contribution is 2.19. The summed E-state index contributed by atoms with van der Waals surface area (Å²) in [5, 5.41) is 4.29. The van der Waals surface area contributed by atoms with Crippen LogP contribution in [-0.4, -0.2) is 30.2 Å². The molecule has 112 valence electrons. The molecule has 1 heterocycles. The average molecular weight is 295 g/mol. The number of nitrogens with one attached hydrogen (secondary N) is 1. The van der Waals surface area contributed by atoms with Gasteiger partial charge in [-0.05, 0) is 24.3 Å². The van der Waals surface area contributed by atoms with Crippen molar-refractivity contribution in [1.82, 2.24) is 9.97 Å². The van der Waals surface area contributed by atoms with Gasteiger partial charge in [-0.15, -0.1) is 0 Å². The number of methoxy groups -OCH3 is 1. The van der Waals surface area contributed by atoms with Crippen LogP contribution in [0.1, 0.15) is 0 Å². The van der Waals surface area contributed by atoms with E-state index in [-0.39, 0.29) is 0 Å². The van der Waals surface area contributed by atoms with Crippen molar-refractivity contribution < 1.29 is 9.47 Å². The first kappa shape index (κ1) is 14.1. The molecule has 1 aromatic heterocycles. The predicted octanol–water partition coefficient (Wildman–Crippen LogP) is 3.13. The Morgan fingerprint density at radius 1 is 1.00 bits per heavy atom. The van der Waals surface area contributed by atoms with E-state index in [0.717, 1.165) is 28.2 Å². The lowest BCUT2D eigenvalue weighted by atomic mass is 10.2. The van der Waals surface area contributed by atoms with E-state index in [0.29, 0.717) is 13.2 Å². The Labute approximate surface area is 128 Å². The van der Waals surface area contributed by atoms with Crippen LogP contribution in [0.2, 0.25) is 0 Å². The molecule has 5 heteroatoms. The average Bonchev–Trinajstić information content (AvgIpc) is 2.59. The molecule has 1 N–H and O–H groups in total. The summed E-state index contributed by atoms with van der Waals surface area (Å²) in [5.41, 5.74) is 0.925. The maximum absolute atomic E-state index is 5.70. The van der Waals surface area contributed by atoms with Gasteiger partial charge in [0.1, 0.15) is 30.3 Å². The van der Waals surface area contributed by atoms with Gasteiger partial charge in [0.15, 0.2) is 0 Å². The van der Waals surface area contributed by atoms with Gasteiger partial charge in [0, 0.05) is 11.5 Å². The smallest absolute Gasteiger partial charge is 0.137 e. The summed E-state index contributed by atoms with van der Waals surface area (Å²) in [6.45, 7) is 1.18. The largest absolute Gasteiger partial charge is 0.497 e. The minimum absolute atomic E-state index is 0.533. The molecule has 2 aromatic carbocycles. The topological polar surface area (TPSA) is 56.3 Å². The first-order valence-corrected chi connectivity index (χ1v) is 7.07. The van der Waals surface area contributed by atoms with Gasteiger partial charge >= 0.3 is 0 Å². The van der Waals surface area contributed by atoms with E-state index in [4.69, 9.17) is 9.47 Å². The standard InChI is InChI=1S/C17H17N3O2/c1-21-13-5-4-6-14(11-13)22-10-9-18-17-15-7-2-3-8-16(15)19-12-20-17/h2-8,11-12H,9-10H2,1H3,(H,18,19,20). The van der Waals surface area contributed by atoms with Crippen LogP contribution >= 0.6 is 0 Å². The molecule has 0 atom stereocenters. The van der Waals surface area contributed by atoms with Gasteiger partial charge in [0.05, 0.1) is 19.2 Å². The van der Waals surface area contributed by atoms with Crippen molar-refractivity contribution in [3.05, 3.63) is 54.9 Å². The van der Waals surface area contributed by atoms with E-state index in [1.165, 1.54) is 0 Å². The van der Waals surface area contributed by atoms with Crippen molar-refractivity contribution in [1.29, 1.82) is 0 Å². The Bertz CT molecular complexity index is 756. The maximum atomic E-state index is 5.70. The molecule has 0 radical (unpaired) electrons. The number of nitrogens with zero attached hydrogens (tertiary/aromatic N) is 2. The van der Waals surface area contributed by atoms with Crippen molar-refractivity contribution >= 4 is 16.7 Å². The molecule has 0 saturated carbocycles. The van der Waals surface area contributed by atoms with Crippen LogP contribution in [0.3, 0.4) is 0 Å². The lowest BCUT2D eigenvalue weighted by Crippen LogP contribution is -2.12. The molecule has 0 unspecified atom stereocenters. The van der Waals surface area contributed by atoms with Gasteiger partial charge in [-0.1, -0.05) is 18.2 Å². The van der Waals surface area contributed by atoms with Crippen LogP contribution in [0.15, 0.2) is 54.9 Å². The SMILES string of the molecule is COc1cccc(OCCNc2ncnc3ccccc23)c1. The molecule has 3 aromatic rings. The molecular weight excluding hydrogens is 278 g/mol. The molecular formula is C17H17N3O2. The Hall–Kier alpha value is -2.82. The van der Waals surface area contributed by atoms with Crippen molar-refractivity contribution in [2.45, 2.75) is 0 Å². The van der Waals surface area contributed by atoms with Crippen LogP contribution in [0.4, 0.5) is 5.82 Å². The fourth-order valence-electron chi connectivity index (χ4n) is 2.17. The Morgan fingerprint density at radius 3 is 2.77 bits per heavy atom. The normalized spacial score (nSPS) is 10.4. The quantitative estimate of drug-likeness (QED) is 0.708. The number of hydrogen-bond donors (Lipinski definition) is 1. The second-order valence-electron chi connectivity index (χ2n) is 4.69. The van der Waals surface area contributed by atoms with Gasteiger partial charge in [-0.2, -0.15) is 0 Å². The van der Waals surface area contributed by atoms with E-state index in [2.05, 4.69) is 15.3 Å². The summed E-state index contributed by atoms with van der Waals surface area (Å²) >= 11 is 0. The van der Waals surface area contributed by atoms with Crippen LogP contribution in [-0.2, 0) is 0 Å². The highest BCUT2D eigenvalue weighted by molar-refractivity contribution is 5.88. The Morgan fingerprint density at radius 2 is 1.86 bits per heavy atom. The van der Waals surface area contributed by atoms with Gasteiger partial charge in [-0.25, -0.2) is 9.97 Å². The maximum Gasteiger partial charge on any atom is 0.137 e. The molecule has 5 nitrogen and oxygen atoms in total. The second kappa shape index (κ2) is 6.76. The van der Waals surface area contributed by atoms with Gasteiger partial charge < -0.3 is 14.8 Å². The van der Waals surface area contributed by atoms with E-state index in [1.807, 2.05) is 48.5 Å². The first-order valence-electron chi connectivity index (χ1n) is 7.07. The lowest BCUT2D eigenvalue weighted by Gasteiger charge is -2.10. The molecule has 0 amide bonds. The highest BCUT2D eigenvalue weighted by Gasteiger charge is 2.02. The third-order valence-corrected chi connectivity index (χ3v) is 3.25. The Balaban J connectivity index is 1.58. The van der Waals surface area contributed by atoms with Crippen LogP contribution in [0.5, 0.6) is 11.5 Å². The minimum atomic E-state index is 0.533. The van der Waals surface area contributed by atoms with Gasteiger partial charge in [-0.3, -0.25) is 0 Å². The van der Waals surface area contributed by atoms with Crippen LogP contribution in [0, 0.1) is 0 Å². The lowest BCUT2D eigenvalue weighted by molar-refractivity contribution is 0.329. The molecule has 0 bridgehead atoms. The number of aromatic nitrogens is 2. The van der Waals surface area contributed by atoms with Crippen LogP contribution < -0.4 is 14.8 Å². The second-order valence-corrected chi connectivity index (χ2v) is 4.69. The summed E-state index contributed by atoms with van der Waals surface area (Å²) in [6, 6.07) is 15.5. The zero-order valence-electron chi connectivity index (χ0n) is 12.3. The van der Waals surface area contributed by atoms with E-state index >= 15 is 0 Å². The van der Waals surface area contributed by atoms with Crippen LogP contribution in [0.25, 0.3) is 10.9 Å².